The van der Waals surface area contributed by atoms with Crippen LogP contribution < -0.4 is 0 Å². The second-order valence-electron chi connectivity index (χ2n) is 5.51. The molecule has 112 valence electrons. The number of thioether (sulfide) groups is 2. The van der Waals surface area contributed by atoms with Crippen LogP contribution in [0.2, 0.25) is 0 Å². The molecule has 21 heavy (non-hydrogen) atoms. The molecule has 2 heterocycles. The van der Waals surface area contributed by atoms with Crippen LogP contribution in [0.25, 0.3) is 0 Å². The minimum Gasteiger partial charge on any atom is -0.335 e. The topological polar surface area (TPSA) is 17.8 Å². The molecule has 2 aromatic rings. The molecule has 0 amide bonds. The Labute approximate surface area is 143 Å². The Balaban J connectivity index is 1.82. The predicted molar refractivity (Wildman–Crippen MR) is 96.9 cm³/mol. The van der Waals surface area contributed by atoms with Crippen molar-refractivity contribution in [3.8, 4) is 0 Å². The summed E-state index contributed by atoms with van der Waals surface area (Å²) in [5, 5.41) is 0.727. The number of imidazole rings is 1. The summed E-state index contributed by atoms with van der Waals surface area (Å²) in [6.07, 6.45) is 8.28. The number of benzene rings is 1. The second-order valence-corrected chi connectivity index (χ2v) is 9.99. The summed E-state index contributed by atoms with van der Waals surface area (Å²) in [6.45, 7) is 3.37. The lowest BCUT2D eigenvalue weighted by Crippen LogP contribution is -2.35. The number of hydrogen-bond donors (Lipinski definition) is 0. The minimum absolute atomic E-state index is 0.214. The van der Waals surface area contributed by atoms with Crippen LogP contribution in [0.4, 0.5) is 0 Å². The van der Waals surface area contributed by atoms with Crippen molar-refractivity contribution >= 4 is 39.5 Å². The van der Waals surface area contributed by atoms with E-state index in [4.69, 9.17) is 0 Å². The van der Waals surface area contributed by atoms with Crippen molar-refractivity contribution in [2.24, 2.45) is 0 Å². The summed E-state index contributed by atoms with van der Waals surface area (Å²) < 4.78 is 3.58. The zero-order valence-corrected chi connectivity index (χ0v) is 15.3. The molecule has 0 N–H and O–H groups in total. The van der Waals surface area contributed by atoms with E-state index in [2.05, 4.69) is 86.4 Å². The van der Waals surface area contributed by atoms with Crippen LogP contribution in [0.15, 0.2) is 47.5 Å². The van der Waals surface area contributed by atoms with E-state index in [1.165, 1.54) is 17.7 Å². The fourth-order valence-electron chi connectivity index (χ4n) is 2.67. The quantitative estimate of drug-likeness (QED) is 0.752. The van der Waals surface area contributed by atoms with Gasteiger partial charge in [-0.25, -0.2) is 4.98 Å². The molecule has 0 saturated carbocycles. The van der Waals surface area contributed by atoms with Gasteiger partial charge in [0.2, 0.25) is 0 Å². The molecule has 1 aromatic heterocycles. The zero-order valence-electron chi connectivity index (χ0n) is 12.0. The van der Waals surface area contributed by atoms with Gasteiger partial charge in [-0.15, -0.1) is 23.5 Å². The van der Waals surface area contributed by atoms with Gasteiger partial charge in [0.25, 0.3) is 0 Å². The van der Waals surface area contributed by atoms with Crippen LogP contribution in [0.3, 0.4) is 0 Å². The maximum Gasteiger partial charge on any atom is 0.0946 e. The van der Waals surface area contributed by atoms with Crippen LogP contribution in [0.1, 0.15) is 18.9 Å². The highest BCUT2D eigenvalue weighted by Crippen LogP contribution is 2.48. The van der Waals surface area contributed by atoms with Crippen LogP contribution in [-0.2, 0) is 13.0 Å². The standard InChI is InChI=1S/C16H19BrN2S2/c1-13-6-9-20-16(21-13,11-19-8-7-18-12-19)10-14-2-4-15(17)5-3-14/h2-5,7-8,12-13H,6,9-11H2,1H3. The lowest BCUT2D eigenvalue weighted by molar-refractivity contribution is 0.613. The Kier molecular flexibility index (Phi) is 5.02. The number of halogens is 1. The van der Waals surface area contributed by atoms with Crippen molar-refractivity contribution < 1.29 is 0 Å². The molecule has 2 atom stereocenters. The summed E-state index contributed by atoms with van der Waals surface area (Å²) >= 11 is 7.77. The summed E-state index contributed by atoms with van der Waals surface area (Å²) in [5.74, 6) is 1.25. The van der Waals surface area contributed by atoms with Crippen LogP contribution >= 0.6 is 39.5 Å². The normalized spacial score (nSPS) is 25.9. The minimum atomic E-state index is 0.214. The summed E-state index contributed by atoms with van der Waals surface area (Å²) in [6, 6.07) is 8.75. The van der Waals surface area contributed by atoms with Crippen molar-refractivity contribution in [1.82, 2.24) is 9.55 Å². The van der Waals surface area contributed by atoms with Gasteiger partial charge >= 0.3 is 0 Å². The molecule has 1 aliphatic heterocycles. The zero-order chi connectivity index (χ0) is 14.7. The van der Waals surface area contributed by atoms with E-state index in [1.807, 2.05) is 12.5 Å². The average molecular weight is 383 g/mol. The Morgan fingerprint density at radius 1 is 1.38 bits per heavy atom. The van der Waals surface area contributed by atoms with Crippen molar-refractivity contribution in [2.45, 2.75) is 35.6 Å². The Morgan fingerprint density at radius 3 is 2.86 bits per heavy atom. The van der Waals surface area contributed by atoms with Gasteiger partial charge in [0.1, 0.15) is 0 Å². The van der Waals surface area contributed by atoms with Crippen molar-refractivity contribution in [3.63, 3.8) is 0 Å². The molecular weight excluding hydrogens is 364 g/mol. The van der Waals surface area contributed by atoms with Gasteiger partial charge in [-0.3, -0.25) is 0 Å². The summed E-state index contributed by atoms with van der Waals surface area (Å²) in [4.78, 5) is 4.19. The van der Waals surface area contributed by atoms with E-state index in [1.54, 1.807) is 0 Å². The Hall–Kier alpha value is -0.390. The predicted octanol–water partition coefficient (Wildman–Crippen LogP) is 4.84. The molecule has 1 aliphatic rings. The van der Waals surface area contributed by atoms with Gasteiger partial charge in [0.05, 0.1) is 10.4 Å². The van der Waals surface area contributed by atoms with E-state index < -0.39 is 0 Å². The smallest absolute Gasteiger partial charge is 0.0946 e. The molecule has 1 saturated heterocycles. The first-order valence-electron chi connectivity index (χ1n) is 7.17. The van der Waals surface area contributed by atoms with Gasteiger partial charge in [-0.2, -0.15) is 0 Å². The number of rotatable bonds is 4. The molecule has 3 rings (SSSR count). The van der Waals surface area contributed by atoms with Crippen molar-refractivity contribution in [2.75, 3.05) is 5.75 Å². The van der Waals surface area contributed by atoms with Gasteiger partial charge < -0.3 is 4.57 Å². The maximum atomic E-state index is 4.19. The molecule has 2 nitrogen and oxygen atoms in total. The molecule has 5 heteroatoms. The lowest BCUT2D eigenvalue weighted by atomic mass is 10.1. The number of nitrogens with zero attached hydrogens (tertiary/aromatic N) is 2. The van der Waals surface area contributed by atoms with Gasteiger partial charge in [-0.1, -0.05) is 35.0 Å². The van der Waals surface area contributed by atoms with E-state index in [0.29, 0.717) is 0 Å². The Morgan fingerprint density at radius 2 is 2.19 bits per heavy atom. The highest BCUT2D eigenvalue weighted by molar-refractivity contribution is 9.10. The number of aromatic nitrogens is 2. The van der Waals surface area contributed by atoms with Gasteiger partial charge in [0.15, 0.2) is 0 Å². The molecular formula is C16H19BrN2S2. The van der Waals surface area contributed by atoms with E-state index in [9.17, 15) is 0 Å². The fourth-order valence-corrected chi connectivity index (χ4v) is 6.90. The SMILES string of the molecule is CC1CCSC(Cc2ccc(Br)cc2)(Cn2ccnc2)S1. The monoisotopic (exact) mass is 382 g/mol. The fraction of sp³-hybridized carbons (Fsp3) is 0.438. The molecule has 0 bridgehead atoms. The molecule has 0 radical (unpaired) electrons. The van der Waals surface area contributed by atoms with Gasteiger partial charge in [0, 0.05) is 28.7 Å². The van der Waals surface area contributed by atoms with Crippen molar-refractivity contribution in [1.29, 1.82) is 0 Å². The first-order chi connectivity index (χ1) is 10.2. The first-order valence-corrected chi connectivity index (χ1v) is 9.83. The second kappa shape index (κ2) is 6.80. The highest BCUT2D eigenvalue weighted by atomic mass is 79.9. The Bertz CT molecular complexity index is 570. The third kappa shape index (κ3) is 4.08. The van der Waals surface area contributed by atoms with Crippen LogP contribution in [0, 0.1) is 0 Å². The molecule has 1 aromatic carbocycles. The van der Waals surface area contributed by atoms with E-state index in [-0.39, 0.29) is 4.08 Å². The number of hydrogen-bond acceptors (Lipinski definition) is 3. The van der Waals surface area contributed by atoms with Crippen molar-refractivity contribution in [3.05, 3.63) is 53.0 Å². The first kappa shape index (κ1) is 15.5. The average Bonchev–Trinajstić information content (AvgIpc) is 2.94. The summed E-state index contributed by atoms with van der Waals surface area (Å²) in [7, 11) is 0. The molecule has 2 unspecified atom stereocenters. The molecule has 0 aliphatic carbocycles. The molecule has 1 fully saturated rings. The van der Waals surface area contributed by atoms with E-state index >= 15 is 0 Å². The summed E-state index contributed by atoms with van der Waals surface area (Å²) in [5.41, 5.74) is 1.41. The lowest BCUT2D eigenvalue weighted by Gasteiger charge is -2.39. The maximum absolute atomic E-state index is 4.19. The third-order valence-corrected chi connectivity index (χ3v) is 7.43. The van der Waals surface area contributed by atoms with Gasteiger partial charge in [-0.05, 0) is 36.3 Å². The molecule has 0 spiro atoms. The van der Waals surface area contributed by atoms with E-state index in [0.717, 1.165) is 22.7 Å². The largest absolute Gasteiger partial charge is 0.335 e. The van der Waals surface area contributed by atoms with Crippen LogP contribution in [0.5, 0.6) is 0 Å². The van der Waals surface area contributed by atoms with Crippen LogP contribution in [-0.4, -0.2) is 24.6 Å². The third-order valence-electron chi connectivity index (χ3n) is 3.67. The highest BCUT2D eigenvalue weighted by Gasteiger charge is 2.37.